The van der Waals surface area contributed by atoms with Gasteiger partial charge in [0.2, 0.25) is 0 Å². The summed E-state index contributed by atoms with van der Waals surface area (Å²) in [5.41, 5.74) is 4.54. The van der Waals surface area contributed by atoms with Gasteiger partial charge in [0, 0.05) is 25.1 Å². The van der Waals surface area contributed by atoms with Gasteiger partial charge in [-0.05, 0) is 30.9 Å². The van der Waals surface area contributed by atoms with E-state index in [-0.39, 0.29) is 41.8 Å². The van der Waals surface area contributed by atoms with Crippen LogP contribution in [0.5, 0.6) is 0 Å². The molecule has 0 aliphatic rings. The summed E-state index contributed by atoms with van der Waals surface area (Å²) in [4.78, 5) is 54.3. The Morgan fingerprint density at radius 3 is 2.67 bits per heavy atom. The third kappa shape index (κ3) is 6.62. The molecule has 1 aromatic heterocycles. The number of thioether (sulfide) groups is 1. The fraction of sp³-hybridized carbons (Fsp3) is 0.429. The van der Waals surface area contributed by atoms with Gasteiger partial charge < -0.3 is 15.2 Å². The van der Waals surface area contributed by atoms with Crippen LogP contribution in [0.1, 0.15) is 30.1 Å². The number of carbonyl (C=O) groups excluding carboxylic acids is 2. The first-order valence-corrected chi connectivity index (χ1v) is 11.8. The van der Waals surface area contributed by atoms with Crippen molar-refractivity contribution in [2.45, 2.75) is 31.2 Å². The van der Waals surface area contributed by atoms with E-state index in [0.29, 0.717) is 6.42 Å². The number of methoxy groups -OCH3 is 1. The van der Waals surface area contributed by atoms with Crippen LogP contribution in [0.4, 0.5) is 11.5 Å². The van der Waals surface area contributed by atoms with Crippen LogP contribution in [0, 0.1) is 0 Å². The van der Waals surface area contributed by atoms with Crippen LogP contribution in [0.2, 0.25) is 5.02 Å². The van der Waals surface area contributed by atoms with Crippen molar-refractivity contribution in [3.63, 3.8) is 0 Å². The van der Waals surface area contributed by atoms with E-state index >= 15 is 0 Å². The number of aromatic amines is 1. The second-order valence-electron chi connectivity index (χ2n) is 6.96. The first-order valence-electron chi connectivity index (χ1n) is 10.2. The zero-order chi connectivity index (χ0) is 24.5. The molecule has 0 aliphatic heterocycles. The second-order valence-corrected chi connectivity index (χ2v) is 8.25. The van der Waals surface area contributed by atoms with Gasteiger partial charge >= 0.3 is 11.7 Å². The number of amides is 1. The zero-order valence-electron chi connectivity index (χ0n) is 18.7. The van der Waals surface area contributed by atoms with Gasteiger partial charge in [0.1, 0.15) is 5.82 Å². The number of hydrogen-bond acceptors (Lipinski definition) is 8. The van der Waals surface area contributed by atoms with E-state index in [1.165, 1.54) is 23.4 Å². The molecule has 0 saturated carbocycles. The van der Waals surface area contributed by atoms with Crippen LogP contribution in [-0.4, -0.2) is 54.6 Å². The van der Waals surface area contributed by atoms with Crippen molar-refractivity contribution in [3.05, 3.63) is 49.6 Å². The van der Waals surface area contributed by atoms with Crippen LogP contribution in [0.3, 0.4) is 0 Å². The number of nitrogens with two attached hydrogens (primary N) is 1. The third-order valence-corrected chi connectivity index (χ3v) is 5.81. The lowest BCUT2D eigenvalue weighted by molar-refractivity contribution is -0.121. The SMILES string of the molecule is CCCCn1c(N)c(N(CCOC)C(=O)COC(=O)c2cc(SC)ccc2Cl)c(=O)[nH]c1=O. The van der Waals surface area contributed by atoms with Gasteiger partial charge in [-0.15, -0.1) is 11.8 Å². The van der Waals surface area contributed by atoms with E-state index in [9.17, 15) is 19.2 Å². The van der Waals surface area contributed by atoms with Crippen molar-refractivity contribution >= 4 is 46.7 Å². The average molecular weight is 499 g/mol. The molecule has 180 valence electrons. The Morgan fingerprint density at radius 1 is 1.30 bits per heavy atom. The molecule has 10 nitrogen and oxygen atoms in total. The molecule has 0 aliphatic carbocycles. The number of esters is 1. The number of benzene rings is 1. The number of carbonyl (C=O) groups is 2. The normalized spacial score (nSPS) is 10.8. The topological polar surface area (TPSA) is 137 Å². The number of ether oxygens (including phenoxy) is 2. The fourth-order valence-corrected chi connectivity index (χ4v) is 3.63. The smallest absolute Gasteiger partial charge is 0.340 e. The molecule has 2 rings (SSSR count). The molecular formula is C21H27ClN4O6S. The number of nitrogens with zero attached hydrogens (tertiary/aromatic N) is 2. The number of unbranched alkanes of at least 4 members (excludes halogenated alkanes) is 1. The maximum Gasteiger partial charge on any atom is 0.340 e. The standard InChI is InChI=1S/C21H27ClN4O6S/c1-4-5-8-26-18(23)17(19(28)24-21(26)30)25(9-10-31-2)16(27)12-32-20(29)14-11-13(33-3)6-7-15(14)22/h6-7,11H,4-5,8-10,12,23H2,1-3H3,(H,24,28,30). The number of hydrogen-bond donors (Lipinski definition) is 2. The quantitative estimate of drug-likeness (QED) is 0.355. The van der Waals surface area contributed by atoms with Crippen molar-refractivity contribution < 1.29 is 19.1 Å². The number of nitrogens with one attached hydrogen (secondary N) is 1. The molecule has 0 fully saturated rings. The first kappa shape index (κ1) is 26.5. The van der Waals surface area contributed by atoms with Gasteiger partial charge in [0.15, 0.2) is 12.3 Å². The average Bonchev–Trinajstić information content (AvgIpc) is 2.79. The van der Waals surface area contributed by atoms with Gasteiger partial charge in [-0.1, -0.05) is 24.9 Å². The Morgan fingerprint density at radius 2 is 2.03 bits per heavy atom. The molecule has 1 amide bonds. The molecular weight excluding hydrogens is 472 g/mol. The third-order valence-electron chi connectivity index (χ3n) is 4.76. The summed E-state index contributed by atoms with van der Waals surface area (Å²) in [6, 6.07) is 4.88. The lowest BCUT2D eigenvalue weighted by atomic mass is 10.2. The molecule has 2 aromatic rings. The summed E-state index contributed by atoms with van der Waals surface area (Å²) >= 11 is 7.51. The highest BCUT2D eigenvalue weighted by Gasteiger charge is 2.25. The second kappa shape index (κ2) is 12.5. The highest BCUT2D eigenvalue weighted by atomic mass is 35.5. The fourth-order valence-electron chi connectivity index (χ4n) is 2.99. The van der Waals surface area contributed by atoms with Crippen molar-refractivity contribution in [1.29, 1.82) is 0 Å². The molecule has 0 saturated heterocycles. The lowest BCUT2D eigenvalue weighted by Gasteiger charge is -2.24. The number of aromatic nitrogens is 2. The zero-order valence-corrected chi connectivity index (χ0v) is 20.3. The van der Waals surface area contributed by atoms with Crippen LogP contribution in [0.25, 0.3) is 0 Å². The summed E-state index contributed by atoms with van der Waals surface area (Å²) < 4.78 is 11.4. The van der Waals surface area contributed by atoms with Gasteiger partial charge in [-0.2, -0.15) is 0 Å². The van der Waals surface area contributed by atoms with E-state index in [2.05, 4.69) is 4.98 Å². The summed E-state index contributed by atoms with van der Waals surface area (Å²) in [7, 11) is 1.43. The minimum atomic E-state index is -0.822. The summed E-state index contributed by atoms with van der Waals surface area (Å²) in [6.07, 6.45) is 3.29. The molecule has 12 heteroatoms. The molecule has 3 N–H and O–H groups in total. The molecule has 0 bridgehead atoms. The Labute approximate surface area is 200 Å². The minimum Gasteiger partial charge on any atom is -0.452 e. The van der Waals surface area contributed by atoms with E-state index in [4.69, 9.17) is 26.8 Å². The molecule has 1 aromatic carbocycles. The Bertz CT molecular complexity index is 1120. The predicted octanol–water partition coefficient (Wildman–Crippen LogP) is 2.13. The maximum absolute atomic E-state index is 13.0. The van der Waals surface area contributed by atoms with E-state index in [1.54, 1.807) is 18.2 Å². The van der Waals surface area contributed by atoms with E-state index in [1.807, 2.05) is 13.2 Å². The van der Waals surface area contributed by atoms with Gasteiger partial charge in [0.05, 0.1) is 17.2 Å². The first-order chi connectivity index (χ1) is 15.7. The van der Waals surface area contributed by atoms with Crippen molar-refractivity contribution in [2.24, 2.45) is 0 Å². The van der Waals surface area contributed by atoms with E-state index in [0.717, 1.165) is 16.2 Å². The predicted molar refractivity (Wildman–Crippen MR) is 128 cm³/mol. The number of nitrogen functional groups attached to an aromatic ring is 1. The molecule has 0 spiro atoms. The van der Waals surface area contributed by atoms with Crippen LogP contribution in [0.15, 0.2) is 32.7 Å². The summed E-state index contributed by atoms with van der Waals surface area (Å²) in [6.45, 7) is 1.58. The summed E-state index contributed by atoms with van der Waals surface area (Å²) in [5, 5.41) is 0.185. The van der Waals surface area contributed by atoms with Crippen LogP contribution in [-0.2, 0) is 20.8 Å². The van der Waals surface area contributed by atoms with Gasteiger partial charge in [-0.3, -0.25) is 24.0 Å². The highest BCUT2D eigenvalue weighted by molar-refractivity contribution is 7.98. The molecule has 1 heterocycles. The largest absolute Gasteiger partial charge is 0.452 e. The highest BCUT2D eigenvalue weighted by Crippen LogP contribution is 2.24. The monoisotopic (exact) mass is 498 g/mol. The molecule has 0 unspecified atom stereocenters. The Kier molecular flexibility index (Phi) is 10.0. The minimum absolute atomic E-state index is 0.0468. The number of anilines is 2. The van der Waals surface area contributed by atoms with Gasteiger partial charge in [0.25, 0.3) is 11.5 Å². The van der Waals surface area contributed by atoms with Crippen LogP contribution < -0.4 is 21.9 Å². The molecule has 33 heavy (non-hydrogen) atoms. The van der Waals surface area contributed by atoms with Gasteiger partial charge in [-0.25, -0.2) is 9.59 Å². The van der Waals surface area contributed by atoms with Crippen molar-refractivity contribution in [3.8, 4) is 0 Å². The maximum atomic E-state index is 13.0. The summed E-state index contributed by atoms with van der Waals surface area (Å²) in [5.74, 6) is -1.65. The molecule has 0 atom stereocenters. The van der Waals surface area contributed by atoms with Crippen molar-refractivity contribution in [1.82, 2.24) is 9.55 Å². The Balaban J connectivity index is 2.32. The van der Waals surface area contributed by atoms with E-state index < -0.39 is 29.7 Å². The number of H-pyrrole nitrogens is 1. The lowest BCUT2D eigenvalue weighted by Crippen LogP contribution is -2.44. The van der Waals surface area contributed by atoms with Crippen molar-refractivity contribution in [2.75, 3.05) is 43.8 Å². The Hall–Kier alpha value is -2.76. The number of halogens is 1. The number of rotatable bonds is 11. The van der Waals surface area contributed by atoms with Crippen LogP contribution >= 0.6 is 23.4 Å². The molecule has 0 radical (unpaired) electrons.